The largest absolute Gasteiger partial charge is 0.391 e. The topological polar surface area (TPSA) is 57.6 Å². The number of sulfonamides is 1. The van der Waals surface area contributed by atoms with Crippen molar-refractivity contribution in [3.8, 4) is 0 Å². The van der Waals surface area contributed by atoms with Crippen LogP contribution < -0.4 is 0 Å². The second-order valence-electron chi connectivity index (χ2n) is 5.23. The van der Waals surface area contributed by atoms with Gasteiger partial charge in [-0.05, 0) is 37.5 Å². The lowest BCUT2D eigenvalue weighted by molar-refractivity contribution is 0.0667. The molecular formula is C14H19ClFNO3S. The summed E-state index contributed by atoms with van der Waals surface area (Å²) in [6, 6.07) is 2.81. The van der Waals surface area contributed by atoms with E-state index in [4.69, 9.17) is 11.6 Å². The fraction of sp³-hybridized carbons (Fsp3) is 0.571. The van der Waals surface area contributed by atoms with Gasteiger partial charge in [-0.2, -0.15) is 4.31 Å². The number of rotatable bonds is 4. The second kappa shape index (κ2) is 6.60. The average molecular weight is 336 g/mol. The average Bonchev–Trinajstić information content (AvgIpc) is 2.48. The maximum atomic E-state index is 13.4. The van der Waals surface area contributed by atoms with Gasteiger partial charge >= 0.3 is 0 Å². The number of aliphatic hydroxyl groups excluding tert-OH is 1. The summed E-state index contributed by atoms with van der Waals surface area (Å²) in [7, 11) is -3.92. The zero-order valence-electron chi connectivity index (χ0n) is 11.8. The minimum Gasteiger partial charge on any atom is -0.391 e. The first kappa shape index (κ1) is 16.7. The zero-order chi connectivity index (χ0) is 15.6. The van der Waals surface area contributed by atoms with Crippen molar-refractivity contribution in [2.45, 2.75) is 49.6 Å². The Hall–Kier alpha value is -0.690. The molecule has 1 saturated heterocycles. The van der Waals surface area contributed by atoms with E-state index in [2.05, 4.69) is 0 Å². The molecule has 1 aliphatic heterocycles. The summed E-state index contributed by atoms with van der Waals surface area (Å²) in [5.74, 6) is -0.650. The number of nitrogens with zero attached hydrogens (tertiary/aromatic N) is 1. The highest BCUT2D eigenvalue weighted by Crippen LogP contribution is 2.31. The molecule has 4 nitrogen and oxygen atoms in total. The number of piperidine rings is 1. The molecule has 118 valence electrons. The molecule has 0 amide bonds. The Kier molecular flexibility index (Phi) is 5.24. The SMILES string of the molecule is CCC(O)C1CCCCN1S(=O)(=O)c1cc(F)ccc1Cl. The molecule has 2 rings (SSSR count). The van der Waals surface area contributed by atoms with Crippen LogP contribution in [0.25, 0.3) is 0 Å². The summed E-state index contributed by atoms with van der Waals surface area (Å²) >= 11 is 5.93. The van der Waals surface area contributed by atoms with E-state index in [1.165, 1.54) is 10.4 Å². The van der Waals surface area contributed by atoms with Crippen LogP contribution in [-0.2, 0) is 10.0 Å². The van der Waals surface area contributed by atoms with E-state index < -0.39 is 28.0 Å². The summed E-state index contributed by atoms with van der Waals surface area (Å²) in [4.78, 5) is -0.237. The van der Waals surface area contributed by atoms with Crippen molar-refractivity contribution >= 4 is 21.6 Å². The van der Waals surface area contributed by atoms with E-state index in [1.807, 2.05) is 0 Å². The molecule has 21 heavy (non-hydrogen) atoms. The molecule has 1 fully saturated rings. The summed E-state index contributed by atoms with van der Waals surface area (Å²) in [5.41, 5.74) is 0. The van der Waals surface area contributed by atoms with Gasteiger partial charge in [0.2, 0.25) is 10.0 Å². The van der Waals surface area contributed by atoms with Gasteiger partial charge in [-0.3, -0.25) is 0 Å². The van der Waals surface area contributed by atoms with E-state index in [1.54, 1.807) is 6.92 Å². The molecule has 2 unspecified atom stereocenters. The fourth-order valence-corrected chi connectivity index (χ4v) is 4.90. The third kappa shape index (κ3) is 3.39. The first-order valence-electron chi connectivity index (χ1n) is 7.03. The van der Waals surface area contributed by atoms with Crippen molar-refractivity contribution < 1.29 is 17.9 Å². The first-order chi connectivity index (χ1) is 9.87. The van der Waals surface area contributed by atoms with E-state index >= 15 is 0 Å². The molecule has 7 heteroatoms. The molecule has 0 aromatic heterocycles. The number of halogens is 2. The van der Waals surface area contributed by atoms with Gasteiger partial charge in [0, 0.05) is 6.54 Å². The second-order valence-corrected chi connectivity index (χ2v) is 7.50. The fourth-order valence-electron chi connectivity index (χ4n) is 2.69. The molecule has 0 radical (unpaired) electrons. The van der Waals surface area contributed by atoms with Gasteiger partial charge in [-0.1, -0.05) is 24.9 Å². The molecule has 0 aliphatic carbocycles. The Morgan fingerprint density at radius 2 is 2.19 bits per heavy atom. The first-order valence-corrected chi connectivity index (χ1v) is 8.84. The molecule has 1 aliphatic rings. The van der Waals surface area contributed by atoms with Gasteiger partial charge in [-0.25, -0.2) is 12.8 Å². The van der Waals surface area contributed by atoms with Gasteiger partial charge in [0.15, 0.2) is 0 Å². The third-order valence-electron chi connectivity index (χ3n) is 3.84. The molecule has 0 saturated carbocycles. The van der Waals surface area contributed by atoms with Crippen LogP contribution in [0.5, 0.6) is 0 Å². The maximum Gasteiger partial charge on any atom is 0.245 e. The van der Waals surface area contributed by atoms with Crippen LogP contribution in [0.1, 0.15) is 32.6 Å². The van der Waals surface area contributed by atoms with Crippen LogP contribution in [-0.4, -0.2) is 36.5 Å². The minimum absolute atomic E-state index is 0.00767. The van der Waals surface area contributed by atoms with Crippen LogP contribution in [0.15, 0.2) is 23.1 Å². The Balaban J connectivity index is 2.43. The normalized spacial score (nSPS) is 22.2. The predicted octanol–water partition coefficient (Wildman–Crippen LogP) is 2.79. The van der Waals surface area contributed by atoms with Gasteiger partial charge in [0.1, 0.15) is 10.7 Å². The van der Waals surface area contributed by atoms with Gasteiger partial charge < -0.3 is 5.11 Å². The smallest absolute Gasteiger partial charge is 0.245 e. The molecule has 1 N–H and O–H groups in total. The van der Waals surface area contributed by atoms with Crippen molar-refractivity contribution in [3.63, 3.8) is 0 Å². The monoisotopic (exact) mass is 335 g/mol. The van der Waals surface area contributed by atoms with Crippen LogP contribution in [0, 0.1) is 5.82 Å². The van der Waals surface area contributed by atoms with Crippen molar-refractivity contribution in [2.24, 2.45) is 0 Å². The number of hydrogen-bond donors (Lipinski definition) is 1. The van der Waals surface area contributed by atoms with Gasteiger partial charge in [0.05, 0.1) is 17.2 Å². The number of hydrogen-bond acceptors (Lipinski definition) is 3. The predicted molar refractivity (Wildman–Crippen MR) is 79.2 cm³/mol. The van der Waals surface area contributed by atoms with E-state index in [-0.39, 0.29) is 9.92 Å². The summed E-state index contributed by atoms with van der Waals surface area (Å²) < 4.78 is 40.2. The van der Waals surface area contributed by atoms with E-state index in [0.717, 1.165) is 25.0 Å². The van der Waals surface area contributed by atoms with Crippen molar-refractivity contribution in [1.82, 2.24) is 4.31 Å². The molecule has 1 aromatic rings. The van der Waals surface area contributed by atoms with Gasteiger partial charge in [-0.15, -0.1) is 0 Å². The molecular weight excluding hydrogens is 317 g/mol. The van der Waals surface area contributed by atoms with Crippen molar-refractivity contribution in [3.05, 3.63) is 29.0 Å². The van der Waals surface area contributed by atoms with Crippen molar-refractivity contribution in [1.29, 1.82) is 0 Å². The van der Waals surface area contributed by atoms with Gasteiger partial charge in [0.25, 0.3) is 0 Å². The highest BCUT2D eigenvalue weighted by atomic mass is 35.5. The third-order valence-corrected chi connectivity index (χ3v) is 6.25. The molecule has 1 aromatic carbocycles. The highest BCUT2D eigenvalue weighted by Gasteiger charge is 2.37. The lowest BCUT2D eigenvalue weighted by Crippen LogP contribution is -2.49. The zero-order valence-corrected chi connectivity index (χ0v) is 13.4. The summed E-state index contributed by atoms with van der Waals surface area (Å²) in [6.45, 7) is 2.12. The van der Waals surface area contributed by atoms with Crippen molar-refractivity contribution in [2.75, 3.05) is 6.54 Å². The Bertz CT molecular complexity index is 608. The van der Waals surface area contributed by atoms with Crippen LogP contribution in [0.4, 0.5) is 4.39 Å². The standard InChI is InChI=1S/C14H19ClFNO3S/c1-2-13(18)12-5-3-4-8-17(12)21(19,20)14-9-10(16)6-7-11(14)15/h6-7,9,12-13,18H,2-5,8H2,1H3. The number of aliphatic hydroxyl groups is 1. The van der Waals surface area contributed by atoms with Crippen LogP contribution >= 0.6 is 11.6 Å². The Morgan fingerprint density at radius 3 is 2.86 bits per heavy atom. The van der Waals surface area contributed by atoms with E-state index in [9.17, 15) is 17.9 Å². The molecule has 1 heterocycles. The Morgan fingerprint density at radius 1 is 1.48 bits per heavy atom. The molecule has 2 atom stereocenters. The van der Waals surface area contributed by atoms with Crippen LogP contribution in [0.2, 0.25) is 5.02 Å². The minimum atomic E-state index is -3.92. The van der Waals surface area contributed by atoms with Crippen LogP contribution in [0.3, 0.4) is 0 Å². The molecule has 0 spiro atoms. The molecule has 0 bridgehead atoms. The van der Waals surface area contributed by atoms with E-state index in [0.29, 0.717) is 19.4 Å². The summed E-state index contributed by atoms with van der Waals surface area (Å²) in [6.07, 6.45) is 1.92. The maximum absolute atomic E-state index is 13.4. The quantitative estimate of drug-likeness (QED) is 0.920. The highest BCUT2D eigenvalue weighted by molar-refractivity contribution is 7.89. The lowest BCUT2D eigenvalue weighted by Gasteiger charge is -2.37. The lowest BCUT2D eigenvalue weighted by atomic mass is 9.98. The Labute approximate surface area is 129 Å². The summed E-state index contributed by atoms with van der Waals surface area (Å²) in [5, 5.41) is 10.1. The number of benzene rings is 1.